The third kappa shape index (κ3) is 2.71. The minimum absolute atomic E-state index is 0.160. The van der Waals surface area contributed by atoms with Crippen molar-refractivity contribution in [1.82, 2.24) is 0 Å². The third-order valence-corrected chi connectivity index (χ3v) is 3.15. The summed E-state index contributed by atoms with van der Waals surface area (Å²) >= 11 is 0. The summed E-state index contributed by atoms with van der Waals surface area (Å²) in [6.45, 7) is 11.9. The van der Waals surface area contributed by atoms with Crippen LogP contribution in [0, 0.1) is 16.7 Å². The molecule has 0 heterocycles. The lowest BCUT2D eigenvalue weighted by Crippen LogP contribution is -2.40. The zero-order valence-corrected chi connectivity index (χ0v) is 9.64. The normalized spacial score (nSPS) is 13.5. The van der Waals surface area contributed by atoms with E-state index in [4.69, 9.17) is 5.11 Å². The SMILES string of the molecule is CC(C)CC(C)(C)C(C)(C)C(=O)O. The van der Waals surface area contributed by atoms with Crippen LogP contribution in [0.5, 0.6) is 0 Å². The lowest BCUT2D eigenvalue weighted by atomic mass is 9.64. The van der Waals surface area contributed by atoms with Gasteiger partial charge in [-0.2, -0.15) is 0 Å². The first-order valence-electron chi connectivity index (χ1n) is 4.84. The molecule has 0 amide bonds. The Morgan fingerprint density at radius 3 is 1.85 bits per heavy atom. The van der Waals surface area contributed by atoms with E-state index in [0.29, 0.717) is 5.92 Å². The lowest BCUT2D eigenvalue weighted by Gasteiger charge is -2.39. The first kappa shape index (κ1) is 12.5. The lowest BCUT2D eigenvalue weighted by molar-refractivity contribution is -0.154. The fourth-order valence-electron chi connectivity index (χ4n) is 1.57. The van der Waals surface area contributed by atoms with Crippen LogP contribution in [0.3, 0.4) is 0 Å². The minimum Gasteiger partial charge on any atom is -0.481 e. The second kappa shape index (κ2) is 3.69. The summed E-state index contributed by atoms with van der Waals surface area (Å²) in [6, 6.07) is 0. The van der Waals surface area contributed by atoms with Crippen LogP contribution >= 0.6 is 0 Å². The van der Waals surface area contributed by atoms with E-state index in [9.17, 15) is 4.79 Å². The number of carboxylic acid groups (broad SMARTS) is 1. The average molecular weight is 186 g/mol. The van der Waals surface area contributed by atoms with E-state index < -0.39 is 11.4 Å². The Kier molecular flexibility index (Phi) is 3.54. The standard InChI is InChI=1S/C11H22O2/c1-8(2)7-10(3,4)11(5,6)9(12)13/h8H,7H2,1-6H3,(H,12,13). The van der Waals surface area contributed by atoms with Crippen LogP contribution in [0.2, 0.25) is 0 Å². The molecule has 0 aromatic heterocycles. The van der Waals surface area contributed by atoms with Crippen molar-refractivity contribution in [2.24, 2.45) is 16.7 Å². The average Bonchev–Trinajstić information content (AvgIpc) is 1.83. The zero-order valence-electron chi connectivity index (χ0n) is 9.64. The number of hydrogen-bond donors (Lipinski definition) is 1. The minimum atomic E-state index is -0.710. The van der Waals surface area contributed by atoms with E-state index in [1.807, 2.05) is 13.8 Å². The van der Waals surface area contributed by atoms with Crippen molar-refractivity contribution in [3.8, 4) is 0 Å². The molecule has 0 aliphatic rings. The number of carbonyl (C=O) groups is 1. The summed E-state index contributed by atoms with van der Waals surface area (Å²) < 4.78 is 0. The van der Waals surface area contributed by atoms with Crippen LogP contribution in [0.15, 0.2) is 0 Å². The van der Waals surface area contributed by atoms with Crippen molar-refractivity contribution >= 4 is 5.97 Å². The van der Waals surface area contributed by atoms with Gasteiger partial charge in [-0.1, -0.05) is 27.7 Å². The molecule has 0 aromatic rings. The van der Waals surface area contributed by atoms with Gasteiger partial charge in [0.15, 0.2) is 0 Å². The molecule has 78 valence electrons. The quantitative estimate of drug-likeness (QED) is 0.732. The van der Waals surface area contributed by atoms with E-state index in [0.717, 1.165) is 6.42 Å². The van der Waals surface area contributed by atoms with Crippen molar-refractivity contribution in [1.29, 1.82) is 0 Å². The van der Waals surface area contributed by atoms with Gasteiger partial charge in [0.05, 0.1) is 5.41 Å². The van der Waals surface area contributed by atoms with Gasteiger partial charge < -0.3 is 5.11 Å². The van der Waals surface area contributed by atoms with Gasteiger partial charge in [0.25, 0.3) is 0 Å². The molecule has 1 N–H and O–H groups in total. The van der Waals surface area contributed by atoms with Crippen LogP contribution < -0.4 is 0 Å². The Morgan fingerprint density at radius 2 is 1.62 bits per heavy atom. The highest BCUT2D eigenvalue weighted by atomic mass is 16.4. The summed E-state index contributed by atoms with van der Waals surface area (Å²) in [6.07, 6.45) is 0.937. The Morgan fingerprint density at radius 1 is 1.23 bits per heavy atom. The van der Waals surface area contributed by atoms with Crippen LogP contribution in [0.1, 0.15) is 48.0 Å². The van der Waals surface area contributed by atoms with E-state index in [-0.39, 0.29) is 5.41 Å². The summed E-state index contributed by atoms with van der Waals surface area (Å²) in [4.78, 5) is 11.0. The van der Waals surface area contributed by atoms with Crippen molar-refractivity contribution in [2.45, 2.75) is 48.0 Å². The topological polar surface area (TPSA) is 37.3 Å². The van der Waals surface area contributed by atoms with Crippen LogP contribution in [-0.2, 0) is 4.79 Å². The molecule has 0 rings (SSSR count). The fourth-order valence-corrected chi connectivity index (χ4v) is 1.57. The van der Waals surface area contributed by atoms with E-state index in [1.54, 1.807) is 13.8 Å². The summed E-state index contributed by atoms with van der Waals surface area (Å²) in [7, 11) is 0. The Balaban J connectivity index is 4.70. The van der Waals surface area contributed by atoms with Gasteiger partial charge >= 0.3 is 5.97 Å². The van der Waals surface area contributed by atoms with Crippen LogP contribution in [0.4, 0.5) is 0 Å². The molecule has 0 saturated carbocycles. The summed E-state index contributed by atoms with van der Waals surface area (Å²) in [5, 5.41) is 9.09. The molecule has 2 heteroatoms. The van der Waals surface area contributed by atoms with E-state index in [2.05, 4.69) is 13.8 Å². The number of carboxylic acids is 1. The molecule has 0 aliphatic carbocycles. The summed E-state index contributed by atoms with van der Waals surface area (Å²) in [5.41, 5.74) is -0.815. The zero-order chi connectivity index (χ0) is 10.9. The predicted molar refractivity (Wildman–Crippen MR) is 54.7 cm³/mol. The van der Waals surface area contributed by atoms with Crippen LogP contribution in [0.25, 0.3) is 0 Å². The van der Waals surface area contributed by atoms with Gasteiger partial charge in [0, 0.05) is 0 Å². The van der Waals surface area contributed by atoms with Gasteiger partial charge in [-0.05, 0) is 31.6 Å². The molecular formula is C11H22O2. The first-order valence-corrected chi connectivity index (χ1v) is 4.84. The third-order valence-electron chi connectivity index (χ3n) is 3.15. The molecule has 0 bridgehead atoms. The number of hydrogen-bond acceptors (Lipinski definition) is 1. The number of aliphatic carboxylic acids is 1. The second-order valence-electron chi connectivity index (χ2n) is 5.41. The molecule has 2 nitrogen and oxygen atoms in total. The molecule has 0 aromatic carbocycles. The fraction of sp³-hybridized carbons (Fsp3) is 0.909. The maximum atomic E-state index is 11.0. The van der Waals surface area contributed by atoms with Crippen molar-refractivity contribution in [3.05, 3.63) is 0 Å². The molecule has 0 saturated heterocycles. The Hall–Kier alpha value is -0.530. The van der Waals surface area contributed by atoms with Crippen molar-refractivity contribution < 1.29 is 9.90 Å². The van der Waals surface area contributed by atoms with Crippen molar-refractivity contribution in [2.75, 3.05) is 0 Å². The van der Waals surface area contributed by atoms with Gasteiger partial charge in [0.2, 0.25) is 0 Å². The van der Waals surface area contributed by atoms with Gasteiger partial charge in [-0.3, -0.25) is 4.79 Å². The molecule has 0 unspecified atom stereocenters. The highest BCUT2D eigenvalue weighted by Crippen LogP contribution is 2.43. The molecular weight excluding hydrogens is 164 g/mol. The second-order valence-corrected chi connectivity index (χ2v) is 5.41. The maximum absolute atomic E-state index is 11.0. The Bertz CT molecular complexity index is 190. The highest BCUT2D eigenvalue weighted by molar-refractivity contribution is 5.74. The predicted octanol–water partition coefficient (Wildman–Crippen LogP) is 3.17. The largest absolute Gasteiger partial charge is 0.481 e. The van der Waals surface area contributed by atoms with Gasteiger partial charge in [-0.25, -0.2) is 0 Å². The first-order chi connectivity index (χ1) is 5.61. The smallest absolute Gasteiger partial charge is 0.309 e. The molecule has 0 aliphatic heterocycles. The molecule has 0 fully saturated rings. The van der Waals surface area contributed by atoms with Gasteiger partial charge in [-0.15, -0.1) is 0 Å². The molecule has 13 heavy (non-hydrogen) atoms. The summed E-state index contributed by atoms with van der Waals surface area (Å²) in [5.74, 6) is -0.174. The highest BCUT2D eigenvalue weighted by Gasteiger charge is 2.43. The van der Waals surface area contributed by atoms with Gasteiger partial charge in [0.1, 0.15) is 0 Å². The maximum Gasteiger partial charge on any atom is 0.309 e. The van der Waals surface area contributed by atoms with Crippen molar-refractivity contribution in [3.63, 3.8) is 0 Å². The molecule has 0 spiro atoms. The molecule has 0 atom stereocenters. The van der Waals surface area contributed by atoms with E-state index in [1.165, 1.54) is 0 Å². The Labute approximate surface area is 81.3 Å². The molecule has 0 radical (unpaired) electrons. The van der Waals surface area contributed by atoms with E-state index >= 15 is 0 Å². The monoisotopic (exact) mass is 186 g/mol. The number of rotatable bonds is 4. The van der Waals surface area contributed by atoms with Crippen LogP contribution in [-0.4, -0.2) is 11.1 Å².